The van der Waals surface area contributed by atoms with Crippen LogP contribution in [0.5, 0.6) is 0 Å². The van der Waals surface area contributed by atoms with Crippen molar-refractivity contribution < 1.29 is 4.42 Å². The zero-order valence-corrected chi connectivity index (χ0v) is 13.0. The van der Waals surface area contributed by atoms with E-state index in [0.717, 1.165) is 38.0 Å². The molecule has 2 heterocycles. The molecule has 0 atom stereocenters. The number of hydrogen-bond donors (Lipinski definition) is 0. The van der Waals surface area contributed by atoms with Crippen molar-refractivity contribution in [1.29, 1.82) is 0 Å². The van der Waals surface area contributed by atoms with Crippen molar-refractivity contribution in [2.45, 2.75) is 26.7 Å². The molecule has 2 aromatic rings. The molecule has 1 aromatic carbocycles. The van der Waals surface area contributed by atoms with Crippen LogP contribution >= 0.6 is 0 Å². The zero-order chi connectivity index (χ0) is 14.8. The second kappa shape index (κ2) is 5.80. The highest BCUT2D eigenvalue weighted by atomic mass is 16.4. The molecule has 4 heteroatoms. The maximum atomic E-state index is 5.84. The predicted molar refractivity (Wildman–Crippen MR) is 86.2 cm³/mol. The molecule has 0 amide bonds. The van der Waals surface area contributed by atoms with Gasteiger partial charge < -0.3 is 14.2 Å². The Labute approximate surface area is 126 Å². The van der Waals surface area contributed by atoms with Crippen molar-refractivity contribution in [3.05, 3.63) is 41.8 Å². The van der Waals surface area contributed by atoms with Gasteiger partial charge in [-0.3, -0.25) is 0 Å². The number of anilines is 2. The molecule has 0 N–H and O–H groups in total. The number of hydrogen-bond acceptors (Lipinski definition) is 4. The summed E-state index contributed by atoms with van der Waals surface area (Å²) < 4.78 is 5.84. The minimum Gasteiger partial charge on any atom is -0.428 e. The fourth-order valence-corrected chi connectivity index (χ4v) is 2.67. The number of piperazine rings is 1. The van der Waals surface area contributed by atoms with Crippen molar-refractivity contribution in [1.82, 2.24) is 4.98 Å². The lowest BCUT2D eigenvalue weighted by atomic mass is 10.2. The number of benzene rings is 1. The molecule has 1 fully saturated rings. The number of aryl methyl sites for hydroxylation is 1. The van der Waals surface area contributed by atoms with Crippen LogP contribution in [0.2, 0.25) is 0 Å². The standard InChI is InChI=1S/C17H23N3O/c1-13(2)16-12-18-17(21-16)20-9-7-19(8-10-20)15-6-4-5-14(3)11-15/h4-6,11-13H,7-10H2,1-3H3. The Morgan fingerprint density at radius 3 is 2.43 bits per heavy atom. The lowest BCUT2D eigenvalue weighted by Crippen LogP contribution is -2.46. The first-order valence-electron chi connectivity index (χ1n) is 7.66. The zero-order valence-electron chi connectivity index (χ0n) is 13.0. The molecule has 0 bridgehead atoms. The molecule has 0 radical (unpaired) electrons. The van der Waals surface area contributed by atoms with E-state index in [1.54, 1.807) is 0 Å². The van der Waals surface area contributed by atoms with Gasteiger partial charge in [-0.25, -0.2) is 4.98 Å². The van der Waals surface area contributed by atoms with Gasteiger partial charge in [0.2, 0.25) is 0 Å². The second-order valence-corrected chi connectivity index (χ2v) is 6.01. The minimum absolute atomic E-state index is 0.389. The summed E-state index contributed by atoms with van der Waals surface area (Å²) in [7, 11) is 0. The molecular weight excluding hydrogens is 262 g/mol. The highest BCUT2D eigenvalue weighted by Gasteiger charge is 2.21. The summed E-state index contributed by atoms with van der Waals surface area (Å²) in [6.07, 6.45) is 1.85. The SMILES string of the molecule is Cc1cccc(N2CCN(c3ncc(C(C)C)o3)CC2)c1. The smallest absolute Gasteiger partial charge is 0.297 e. The average Bonchev–Trinajstić information content (AvgIpc) is 2.97. The third-order valence-electron chi connectivity index (χ3n) is 4.00. The van der Waals surface area contributed by atoms with Crippen LogP contribution in [0.15, 0.2) is 34.9 Å². The van der Waals surface area contributed by atoms with Crippen molar-refractivity contribution in [3.8, 4) is 0 Å². The van der Waals surface area contributed by atoms with Crippen LogP contribution in [0.4, 0.5) is 11.7 Å². The monoisotopic (exact) mass is 285 g/mol. The van der Waals surface area contributed by atoms with Gasteiger partial charge in [0.25, 0.3) is 6.01 Å². The molecule has 21 heavy (non-hydrogen) atoms. The van der Waals surface area contributed by atoms with Gasteiger partial charge in [-0.05, 0) is 24.6 Å². The van der Waals surface area contributed by atoms with E-state index in [1.165, 1.54) is 11.3 Å². The quantitative estimate of drug-likeness (QED) is 0.865. The van der Waals surface area contributed by atoms with Gasteiger partial charge in [0.1, 0.15) is 5.76 Å². The third-order valence-corrected chi connectivity index (χ3v) is 4.00. The Morgan fingerprint density at radius 1 is 1.10 bits per heavy atom. The van der Waals surface area contributed by atoms with Gasteiger partial charge >= 0.3 is 0 Å². The fourth-order valence-electron chi connectivity index (χ4n) is 2.67. The molecule has 0 aliphatic carbocycles. The van der Waals surface area contributed by atoms with Crippen LogP contribution in [0.3, 0.4) is 0 Å². The highest BCUT2D eigenvalue weighted by Crippen LogP contribution is 2.23. The van der Waals surface area contributed by atoms with Gasteiger partial charge in [-0.15, -0.1) is 0 Å². The molecule has 4 nitrogen and oxygen atoms in total. The molecule has 0 spiro atoms. The fraction of sp³-hybridized carbons (Fsp3) is 0.471. The Morgan fingerprint density at radius 2 is 1.81 bits per heavy atom. The van der Waals surface area contributed by atoms with Crippen molar-refractivity contribution in [2.75, 3.05) is 36.0 Å². The van der Waals surface area contributed by atoms with E-state index in [1.807, 2.05) is 6.20 Å². The van der Waals surface area contributed by atoms with E-state index >= 15 is 0 Å². The number of nitrogens with zero attached hydrogens (tertiary/aromatic N) is 3. The summed E-state index contributed by atoms with van der Waals surface area (Å²) in [5.41, 5.74) is 2.62. The Bertz CT molecular complexity index is 598. The van der Waals surface area contributed by atoms with Gasteiger partial charge in [-0.1, -0.05) is 26.0 Å². The summed E-state index contributed by atoms with van der Waals surface area (Å²) in [6.45, 7) is 10.3. The van der Waals surface area contributed by atoms with Gasteiger partial charge in [0, 0.05) is 37.8 Å². The van der Waals surface area contributed by atoms with Gasteiger partial charge in [0.05, 0.1) is 6.20 Å². The van der Waals surface area contributed by atoms with Crippen LogP contribution in [-0.2, 0) is 0 Å². The van der Waals surface area contributed by atoms with E-state index in [0.29, 0.717) is 5.92 Å². The number of aromatic nitrogens is 1. The second-order valence-electron chi connectivity index (χ2n) is 6.01. The Balaban J connectivity index is 1.64. The molecule has 1 aliphatic heterocycles. The maximum Gasteiger partial charge on any atom is 0.297 e. The summed E-state index contributed by atoms with van der Waals surface area (Å²) in [6, 6.07) is 9.46. The summed E-state index contributed by atoms with van der Waals surface area (Å²) in [5, 5.41) is 0. The van der Waals surface area contributed by atoms with Crippen LogP contribution in [0.25, 0.3) is 0 Å². The summed E-state index contributed by atoms with van der Waals surface area (Å²) >= 11 is 0. The first-order chi connectivity index (χ1) is 10.1. The first kappa shape index (κ1) is 14.0. The van der Waals surface area contributed by atoms with E-state index in [-0.39, 0.29) is 0 Å². The highest BCUT2D eigenvalue weighted by molar-refractivity contribution is 5.50. The molecule has 1 aromatic heterocycles. The van der Waals surface area contributed by atoms with E-state index in [9.17, 15) is 0 Å². The molecular formula is C17H23N3O. The topological polar surface area (TPSA) is 32.5 Å². The van der Waals surface area contributed by atoms with Crippen molar-refractivity contribution in [2.24, 2.45) is 0 Å². The van der Waals surface area contributed by atoms with Gasteiger partial charge in [0.15, 0.2) is 0 Å². The molecule has 0 unspecified atom stereocenters. The lowest BCUT2D eigenvalue weighted by molar-refractivity contribution is 0.465. The van der Waals surface area contributed by atoms with Crippen LogP contribution in [0.1, 0.15) is 31.1 Å². The normalized spacial score (nSPS) is 15.8. The van der Waals surface area contributed by atoms with Crippen LogP contribution < -0.4 is 9.80 Å². The van der Waals surface area contributed by atoms with Crippen LogP contribution in [-0.4, -0.2) is 31.2 Å². The Kier molecular flexibility index (Phi) is 3.86. The van der Waals surface area contributed by atoms with Gasteiger partial charge in [-0.2, -0.15) is 0 Å². The predicted octanol–water partition coefficient (Wildman–Crippen LogP) is 3.43. The molecule has 1 aliphatic rings. The van der Waals surface area contributed by atoms with Crippen molar-refractivity contribution >= 4 is 11.7 Å². The number of rotatable bonds is 3. The summed E-state index contributed by atoms with van der Waals surface area (Å²) in [5.74, 6) is 1.35. The minimum atomic E-state index is 0.389. The van der Waals surface area contributed by atoms with Crippen molar-refractivity contribution in [3.63, 3.8) is 0 Å². The lowest BCUT2D eigenvalue weighted by Gasteiger charge is -2.35. The maximum absolute atomic E-state index is 5.84. The molecule has 3 rings (SSSR count). The number of oxazole rings is 1. The van der Waals surface area contributed by atoms with E-state index in [2.05, 4.69) is 59.8 Å². The van der Waals surface area contributed by atoms with Crippen LogP contribution in [0, 0.1) is 6.92 Å². The molecule has 112 valence electrons. The van der Waals surface area contributed by atoms with E-state index in [4.69, 9.17) is 4.42 Å². The first-order valence-corrected chi connectivity index (χ1v) is 7.66. The Hall–Kier alpha value is -1.97. The average molecular weight is 285 g/mol. The third kappa shape index (κ3) is 3.04. The summed E-state index contributed by atoms with van der Waals surface area (Å²) in [4.78, 5) is 9.07. The largest absolute Gasteiger partial charge is 0.428 e. The molecule has 0 saturated carbocycles. The van der Waals surface area contributed by atoms with E-state index < -0.39 is 0 Å². The molecule has 1 saturated heterocycles.